The Balaban J connectivity index is 2.73. The highest BCUT2D eigenvalue weighted by molar-refractivity contribution is 14.1. The van der Waals surface area contributed by atoms with Crippen molar-refractivity contribution in [3.8, 4) is 0 Å². The molecule has 1 aromatic carbocycles. The van der Waals surface area contributed by atoms with E-state index in [1.807, 2.05) is 12.1 Å². The first-order chi connectivity index (χ1) is 7.43. The molecule has 7 heteroatoms. The number of hydrogen-bond acceptors (Lipinski definition) is 3. The van der Waals surface area contributed by atoms with E-state index in [1.165, 1.54) is 24.4 Å². The molecule has 0 atom stereocenters. The molecule has 16 heavy (non-hydrogen) atoms. The number of rotatable bonds is 2. The SMILES string of the molecule is CN(C)S(=O)(=O)n1cnc2cc(I)ccc21. The predicted octanol–water partition coefficient (Wildman–Crippen LogP) is 1.30. The van der Waals surface area contributed by atoms with Crippen molar-refractivity contribution in [1.82, 2.24) is 13.3 Å². The summed E-state index contributed by atoms with van der Waals surface area (Å²) >= 11 is 2.16. The zero-order valence-corrected chi connectivity index (χ0v) is 11.7. The first-order valence-electron chi connectivity index (χ1n) is 4.48. The third-order valence-electron chi connectivity index (χ3n) is 2.19. The minimum absolute atomic E-state index is 0.592. The van der Waals surface area contributed by atoms with Gasteiger partial charge in [0.05, 0.1) is 11.0 Å². The highest BCUT2D eigenvalue weighted by Gasteiger charge is 2.18. The normalized spacial score (nSPS) is 12.5. The highest BCUT2D eigenvalue weighted by atomic mass is 127. The molecule has 0 bridgehead atoms. The van der Waals surface area contributed by atoms with Gasteiger partial charge in [-0.2, -0.15) is 12.7 Å². The molecule has 0 aliphatic heterocycles. The van der Waals surface area contributed by atoms with Gasteiger partial charge in [0, 0.05) is 17.7 Å². The molecule has 2 rings (SSSR count). The molecule has 1 heterocycles. The van der Waals surface area contributed by atoms with Crippen LogP contribution in [-0.2, 0) is 10.2 Å². The van der Waals surface area contributed by atoms with Gasteiger partial charge in [0.2, 0.25) is 0 Å². The van der Waals surface area contributed by atoms with Crippen LogP contribution in [-0.4, -0.2) is 35.8 Å². The van der Waals surface area contributed by atoms with Crippen molar-refractivity contribution in [3.63, 3.8) is 0 Å². The molecule has 0 N–H and O–H groups in total. The second-order valence-corrected chi connectivity index (χ2v) is 6.73. The average Bonchev–Trinajstić information content (AvgIpc) is 2.60. The maximum atomic E-state index is 11.9. The summed E-state index contributed by atoms with van der Waals surface area (Å²) in [6, 6.07) is 5.45. The number of benzene rings is 1. The largest absolute Gasteiger partial charge is 0.308 e. The van der Waals surface area contributed by atoms with Crippen LogP contribution in [0.2, 0.25) is 0 Å². The van der Waals surface area contributed by atoms with Gasteiger partial charge in [-0.25, -0.2) is 8.96 Å². The van der Waals surface area contributed by atoms with Gasteiger partial charge >= 0.3 is 10.2 Å². The van der Waals surface area contributed by atoms with Crippen molar-refractivity contribution >= 4 is 43.8 Å². The van der Waals surface area contributed by atoms with Gasteiger partial charge in [0.15, 0.2) is 0 Å². The minimum atomic E-state index is -3.49. The fourth-order valence-electron chi connectivity index (χ4n) is 1.32. The Morgan fingerprint density at radius 2 is 2.06 bits per heavy atom. The van der Waals surface area contributed by atoms with Gasteiger partial charge in [-0.15, -0.1) is 0 Å². The summed E-state index contributed by atoms with van der Waals surface area (Å²) in [6.07, 6.45) is 1.33. The molecule has 0 saturated carbocycles. The first kappa shape index (κ1) is 11.8. The second-order valence-electron chi connectivity index (χ2n) is 3.46. The van der Waals surface area contributed by atoms with Crippen molar-refractivity contribution < 1.29 is 8.42 Å². The molecular weight excluding hydrogens is 341 g/mol. The molecule has 1 aromatic heterocycles. The maximum absolute atomic E-state index is 11.9. The molecule has 0 unspecified atom stereocenters. The van der Waals surface area contributed by atoms with Crippen LogP contribution in [0.25, 0.3) is 11.0 Å². The van der Waals surface area contributed by atoms with Gasteiger partial charge in [-0.1, -0.05) is 0 Å². The van der Waals surface area contributed by atoms with Gasteiger partial charge in [-0.05, 0) is 40.8 Å². The van der Waals surface area contributed by atoms with Gasteiger partial charge in [0.25, 0.3) is 0 Å². The molecule has 86 valence electrons. The third kappa shape index (κ3) is 1.82. The van der Waals surface area contributed by atoms with Crippen molar-refractivity contribution in [2.45, 2.75) is 0 Å². The lowest BCUT2D eigenvalue weighted by atomic mass is 10.3. The molecule has 0 fully saturated rings. The Hall–Kier alpha value is -0.670. The fraction of sp³-hybridized carbons (Fsp3) is 0.222. The summed E-state index contributed by atoms with van der Waals surface area (Å²) in [5.41, 5.74) is 1.27. The topological polar surface area (TPSA) is 55.2 Å². The second kappa shape index (κ2) is 3.97. The van der Waals surface area contributed by atoms with Crippen molar-refractivity contribution in [1.29, 1.82) is 0 Å². The van der Waals surface area contributed by atoms with Crippen molar-refractivity contribution in [2.24, 2.45) is 0 Å². The highest BCUT2D eigenvalue weighted by Crippen LogP contribution is 2.18. The number of aromatic nitrogens is 2. The Kier molecular flexibility index (Phi) is 2.93. The van der Waals surface area contributed by atoms with Crippen LogP contribution in [0.3, 0.4) is 0 Å². The van der Waals surface area contributed by atoms with Crippen LogP contribution in [0.15, 0.2) is 24.5 Å². The summed E-state index contributed by atoms with van der Waals surface area (Å²) in [5, 5.41) is 0. The number of fused-ring (bicyclic) bond motifs is 1. The predicted molar refractivity (Wildman–Crippen MR) is 70.5 cm³/mol. The first-order valence-corrected chi connectivity index (χ1v) is 6.96. The van der Waals surface area contributed by atoms with Gasteiger partial charge < -0.3 is 0 Å². The van der Waals surface area contributed by atoms with Crippen LogP contribution in [0.4, 0.5) is 0 Å². The molecule has 0 amide bonds. The molecular formula is C9H10IN3O2S. The summed E-state index contributed by atoms with van der Waals surface area (Å²) in [7, 11) is -0.500. The number of halogens is 1. The molecule has 5 nitrogen and oxygen atoms in total. The molecule has 0 aliphatic rings. The number of nitrogens with zero attached hydrogens (tertiary/aromatic N) is 3. The summed E-state index contributed by atoms with van der Waals surface area (Å²) < 4.78 is 27.2. The maximum Gasteiger partial charge on any atom is 0.308 e. The van der Waals surface area contributed by atoms with Gasteiger partial charge in [0.1, 0.15) is 6.33 Å². The Labute approximate surface area is 107 Å². The zero-order chi connectivity index (χ0) is 11.9. The summed E-state index contributed by atoms with van der Waals surface area (Å²) in [6.45, 7) is 0. The molecule has 2 aromatic rings. The summed E-state index contributed by atoms with van der Waals surface area (Å²) in [5.74, 6) is 0. The van der Waals surface area contributed by atoms with E-state index in [4.69, 9.17) is 0 Å². The summed E-state index contributed by atoms with van der Waals surface area (Å²) in [4.78, 5) is 4.08. The zero-order valence-electron chi connectivity index (χ0n) is 8.75. The lowest BCUT2D eigenvalue weighted by Crippen LogP contribution is -2.28. The van der Waals surface area contributed by atoms with Crippen molar-refractivity contribution in [2.75, 3.05) is 14.1 Å². The van der Waals surface area contributed by atoms with E-state index in [-0.39, 0.29) is 0 Å². The fourth-order valence-corrected chi connectivity index (χ4v) is 2.72. The standard InChI is InChI=1S/C9H10IN3O2S/c1-12(2)16(14,15)13-6-11-8-5-7(10)3-4-9(8)13/h3-6H,1-2H3. The molecule has 0 radical (unpaired) electrons. The quantitative estimate of drug-likeness (QED) is 0.767. The third-order valence-corrected chi connectivity index (χ3v) is 4.57. The Morgan fingerprint density at radius 3 is 2.69 bits per heavy atom. The minimum Gasteiger partial charge on any atom is -0.236 e. The van der Waals surface area contributed by atoms with E-state index in [2.05, 4.69) is 27.6 Å². The Bertz CT molecular complexity index is 633. The van der Waals surface area contributed by atoms with E-state index in [1.54, 1.807) is 6.07 Å². The van der Waals surface area contributed by atoms with Crippen molar-refractivity contribution in [3.05, 3.63) is 28.1 Å². The van der Waals surface area contributed by atoms with E-state index < -0.39 is 10.2 Å². The van der Waals surface area contributed by atoms with Crippen LogP contribution < -0.4 is 0 Å². The van der Waals surface area contributed by atoms with Gasteiger partial charge in [-0.3, -0.25) is 0 Å². The van der Waals surface area contributed by atoms with Crippen LogP contribution in [0, 0.1) is 3.57 Å². The molecule has 0 aliphatic carbocycles. The van der Waals surface area contributed by atoms with Crippen LogP contribution in [0.5, 0.6) is 0 Å². The number of imidazole rings is 1. The lowest BCUT2D eigenvalue weighted by Gasteiger charge is -2.12. The number of hydrogen-bond donors (Lipinski definition) is 0. The van der Waals surface area contributed by atoms with E-state index in [0.717, 1.165) is 7.88 Å². The van der Waals surface area contributed by atoms with E-state index in [0.29, 0.717) is 11.0 Å². The van der Waals surface area contributed by atoms with E-state index in [9.17, 15) is 8.42 Å². The Morgan fingerprint density at radius 1 is 1.38 bits per heavy atom. The smallest absolute Gasteiger partial charge is 0.236 e. The molecule has 0 saturated heterocycles. The average molecular weight is 351 g/mol. The van der Waals surface area contributed by atoms with E-state index >= 15 is 0 Å². The lowest BCUT2D eigenvalue weighted by molar-refractivity contribution is 0.512. The van der Waals surface area contributed by atoms with Crippen LogP contribution in [0.1, 0.15) is 0 Å². The van der Waals surface area contributed by atoms with Crippen LogP contribution >= 0.6 is 22.6 Å². The molecule has 0 spiro atoms. The monoisotopic (exact) mass is 351 g/mol.